The number of carbonyl (C=O) groups excluding carboxylic acids is 1. The number of ether oxygens (including phenoxy) is 1. The Morgan fingerprint density at radius 2 is 2.26 bits per heavy atom. The number of piperidine rings is 1. The number of nitrogens with one attached hydrogen (secondary N) is 1. The van der Waals surface area contributed by atoms with Crippen molar-refractivity contribution in [3.8, 4) is 0 Å². The fourth-order valence-electron chi connectivity index (χ4n) is 3.97. The molecule has 0 unspecified atom stereocenters. The highest BCUT2D eigenvalue weighted by Crippen LogP contribution is 2.44. The molecule has 1 spiro atoms. The zero-order valence-electron chi connectivity index (χ0n) is 15.6. The highest BCUT2D eigenvalue weighted by Gasteiger charge is 2.42. The molecule has 4 heterocycles. The molecule has 1 saturated heterocycles. The van der Waals surface area contributed by atoms with Gasteiger partial charge in [-0.3, -0.25) is 9.69 Å². The molecule has 2 N–H and O–H groups in total. The monoisotopic (exact) mass is 390 g/mol. The van der Waals surface area contributed by atoms with E-state index in [1.54, 1.807) is 24.5 Å². The first-order valence-electron chi connectivity index (χ1n) is 9.54. The minimum atomic E-state index is -0.545. The molecule has 0 radical (unpaired) electrons. The number of fused-ring (bicyclic) bond motifs is 2. The van der Waals surface area contributed by atoms with Gasteiger partial charge in [-0.15, -0.1) is 11.3 Å². The summed E-state index contributed by atoms with van der Waals surface area (Å²) in [5.41, 5.74) is 0.922. The van der Waals surface area contributed by atoms with Crippen molar-refractivity contribution in [2.24, 2.45) is 0 Å². The number of nitrogens with zero attached hydrogens (tertiary/aromatic N) is 1. The lowest BCUT2D eigenvalue weighted by atomic mass is 9.82. The Bertz CT molecular complexity index is 776. The maximum Gasteiger partial charge on any atom is 0.261 e. The van der Waals surface area contributed by atoms with E-state index in [4.69, 9.17) is 9.15 Å². The van der Waals surface area contributed by atoms with Gasteiger partial charge in [-0.05, 0) is 43.5 Å². The smallest absolute Gasteiger partial charge is 0.261 e. The third kappa shape index (κ3) is 3.96. The topological polar surface area (TPSA) is 74.9 Å². The Labute approximate surface area is 163 Å². The molecular weight excluding hydrogens is 364 g/mol. The number of aliphatic hydroxyl groups excluding tert-OH is 1. The van der Waals surface area contributed by atoms with Crippen LogP contribution >= 0.6 is 11.3 Å². The Kier molecular flexibility index (Phi) is 5.36. The van der Waals surface area contributed by atoms with Crippen molar-refractivity contribution in [1.29, 1.82) is 0 Å². The van der Waals surface area contributed by atoms with Gasteiger partial charge in [0.25, 0.3) is 5.91 Å². The molecule has 1 amide bonds. The van der Waals surface area contributed by atoms with E-state index >= 15 is 0 Å². The SMILES string of the molecule is C[C@H](O)CNC(=O)c1cc2c(s1)CCOC21CCN(Cc2ccco2)CC1. The van der Waals surface area contributed by atoms with Crippen molar-refractivity contribution in [2.75, 3.05) is 26.2 Å². The van der Waals surface area contributed by atoms with Gasteiger partial charge in [-0.2, -0.15) is 0 Å². The van der Waals surface area contributed by atoms with Gasteiger partial charge in [-0.25, -0.2) is 0 Å². The molecule has 0 bridgehead atoms. The third-order valence-electron chi connectivity index (χ3n) is 5.41. The van der Waals surface area contributed by atoms with Gasteiger partial charge in [0.15, 0.2) is 0 Å². The number of carbonyl (C=O) groups is 1. The van der Waals surface area contributed by atoms with E-state index in [1.165, 1.54) is 10.4 Å². The minimum absolute atomic E-state index is 0.110. The average molecular weight is 391 g/mol. The molecule has 6 nitrogen and oxygen atoms in total. The first-order chi connectivity index (χ1) is 13.1. The zero-order valence-corrected chi connectivity index (χ0v) is 16.4. The van der Waals surface area contributed by atoms with E-state index in [0.29, 0.717) is 11.5 Å². The van der Waals surface area contributed by atoms with Crippen molar-refractivity contribution >= 4 is 17.2 Å². The Hall–Kier alpha value is -1.67. The van der Waals surface area contributed by atoms with E-state index in [0.717, 1.165) is 44.7 Å². The summed E-state index contributed by atoms with van der Waals surface area (Å²) in [7, 11) is 0. The quantitative estimate of drug-likeness (QED) is 0.821. The van der Waals surface area contributed by atoms with Crippen LogP contribution in [-0.2, 0) is 23.3 Å². The first-order valence-corrected chi connectivity index (χ1v) is 10.4. The van der Waals surface area contributed by atoms with E-state index in [2.05, 4.69) is 10.2 Å². The van der Waals surface area contributed by atoms with E-state index in [1.807, 2.05) is 18.2 Å². The van der Waals surface area contributed by atoms with Crippen LogP contribution in [0.25, 0.3) is 0 Å². The number of hydrogen-bond donors (Lipinski definition) is 2. The number of furan rings is 1. The summed E-state index contributed by atoms with van der Waals surface area (Å²) in [6.07, 6.45) is 3.88. The Morgan fingerprint density at radius 1 is 1.44 bits per heavy atom. The predicted octanol–water partition coefficient (Wildman–Crippen LogP) is 2.52. The van der Waals surface area contributed by atoms with Crippen LogP contribution in [0, 0.1) is 0 Å². The van der Waals surface area contributed by atoms with Gasteiger partial charge in [0.2, 0.25) is 0 Å². The van der Waals surface area contributed by atoms with Crippen LogP contribution in [0.5, 0.6) is 0 Å². The molecular formula is C20H26N2O4S. The van der Waals surface area contributed by atoms with Crippen molar-refractivity contribution in [2.45, 2.75) is 44.4 Å². The highest BCUT2D eigenvalue weighted by atomic mass is 32.1. The van der Waals surface area contributed by atoms with Gasteiger partial charge in [0.05, 0.1) is 36.0 Å². The number of likely N-dealkylation sites (tertiary alicyclic amines) is 1. The maximum atomic E-state index is 12.4. The molecule has 0 aliphatic carbocycles. The van der Waals surface area contributed by atoms with Gasteiger partial charge >= 0.3 is 0 Å². The van der Waals surface area contributed by atoms with E-state index in [-0.39, 0.29) is 18.1 Å². The minimum Gasteiger partial charge on any atom is -0.468 e. The molecule has 2 aromatic rings. The largest absolute Gasteiger partial charge is 0.468 e. The molecule has 7 heteroatoms. The fraction of sp³-hybridized carbons (Fsp3) is 0.550. The second kappa shape index (κ2) is 7.75. The molecule has 146 valence electrons. The number of aliphatic hydroxyl groups is 1. The molecule has 27 heavy (non-hydrogen) atoms. The van der Waals surface area contributed by atoms with Crippen LogP contribution in [0.2, 0.25) is 0 Å². The van der Waals surface area contributed by atoms with Gasteiger partial charge in [-0.1, -0.05) is 0 Å². The molecule has 0 saturated carbocycles. The molecule has 1 fully saturated rings. The van der Waals surface area contributed by atoms with Crippen LogP contribution < -0.4 is 5.32 Å². The summed E-state index contributed by atoms with van der Waals surface area (Å²) in [6, 6.07) is 5.95. The molecule has 2 aliphatic heterocycles. The maximum absolute atomic E-state index is 12.4. The number of amides is 1. The summed E-state index contributed by atoms with van der Waals surface area (Å²) in [4.78, 5) is 16.8. The normalized spacial score (nSPS) is 20.4. The van der Waals surface area contributed by atoms with Crippen molar-refractivity contribution < 1.29 is 19.1 Å². The lowest BCUT2D eigenvalue weighted by Gasteiger charge is -2.43. The van der Waals surface area contributed by atoms with Crippen LogP contribution in [0.15, 0.2) is 28.9 Å². The van der Waals surface area contributed by atoms with Crippen molar-refractivity contribution in [3.63, 3.8) is 0 Å². The van der Waals surface area contributed by atoms with E-state index < -0.39 is 6.10 Å². The van der Waals surface area contributed by atoms with Crippen LogP contribution in [-0.4, -0.2) is 48.3 Å². The predicted molar refractivity (Wildman–Crippen MR) is 103 cm³/mol. The lowest BCUT2D eigenvalue weighted by Crippen LogP contribution is -2.45. The summed E-state index contributed by atoms with van der Waals surface area (Å²) >= 11 is 1.57. The van der Waals surface area contributed by atoms with Crippen molar-refractivity contribution in [1.82, 2.24) is 10.2 Å². The summed E-state index contributed by atoms with van der Waals surface area (Å²) < 4.78 is 11.8. The second-order valence-corrected chi connectivity index (χ2v) is 8.59. The number of rotatable bonds is 5. The number of hydrogen-bond acceptors (Lipinski definition) is 6. The fourth-order valence-corrected chi connectivity index (χ4v) is 5.11. The Morgan fingerprint density at radius 3 is 2.96 bits per heavy atom. The van der Waals surface area contributed by atoms with Crippen LogP contribution in [0.1, 0.15) is 45.6 Å². The average Bonchev–Trinajstić information content (AvgIpc) is 3.32. The molecule has 2 aliphatic rings. The van der Waals surface area contributed by atoms with Crippen LogP contribution in [0.4, 0.5) is 0 Å². The van der Waals surface area contributed by atoms with Gasteiger partial charge in [0, 0.05) is 30.9 Å². The lowest BCUT2D eigenvalue weighted by molar-refractivity contribution is -0.0986. The summed E-state index contributed by atoms with van der Waals surface area (Å²) in [5.74, 6) is 0.879. The molecule has 2 aromatic heterocycles. The van der Waals surface area contributed by atoms with Gasteiger partial charge in [0.1, 0.15) is 5.76 Å². The first kappa shape index (κ1) is 18.7. The van der Waals surface area contributed by atoms with Gasteiger partial charge < -0.3 is 19.6 Å². The summed E-state index contributed by atoms with van der Waals surface area (Å²) in [5, 5.41) is 12.2. The highest BCUT2D eigenvalue weighted by molar-refractivity contribution is 7.14. The van der Waals surface area contributed by atoms with E-state index in [9.17, 15) is 9.90 Å². The number of thiophene rings is 1. The molecule has 4 rings (SSSR count). The molecule has 0 aromatic carbocycles. The third-order valence-corrected chi connectivity index (χ3v) is 6.61. The van der Waals surface area contributed by atoms with Crippen LogP contribution in [0.3, 0.4) is 0 Å². The zero-order chi connectivity index (χ0) is 18.9. The standard InChI is InChI=1S/C20H26N2O4S/c1-14(23)12-21-19(24)18-11-16-17(27-18)4-10-26-20(16)5-7-22(8-6-20)13-15-3-2-9-25-15/h2-3,9,11,14,23H,4-8,10,12-13H2,1H3,(H,21,24)/t14-/m0/s1. The molecule has 1 atom stereocenters. The second-order valence-electron chi connectivity index (χ2n) is 7.45. The Balaban J connectivity index is 1.46. The summed E-state index contributed by atoms with van der Waals surface area (Å²) in [6.45, 7) is 5.36. The van der Waals surface area contributed by atoms with Crippen molar-refractivity contribution in [3.05, 3.63) is 45.5 Å².